The van der Waals surface area contributed by atoms with E-state index >= 15 is 0 Å². The van der Waals surface area contributed by atoms with Crippen LogP contribution >= 0.6 is 11.6 Å². The molecule has 0 aliphatic rings. The van der Waals surface area contributed by atoms with Crippen LogP contribution in [0.3, 0.4) is 0 Å². The minimum Gasteiger partial charge on any atom is -0.248 e. The standard InChI is InChI=1S/C15H11ClN2/c1-10-15(16)18-14-9-12(7-8-13(14)17-10)11-5-3-2-4-6-11/h2-9H,1H3. The van der Waals surface area contributed by atoms with Crippen LogP contribution in [0.15, 0.2) is 48.5 Å². The molecule has 2 nitrogen and oxygen atoms in total. The normalized spacial score (nSPS) is 10.8. The summed E-state index contributed by atoms with van der Waals surface area (Å²) in [6, 6.07) is 16.2. The third-order valence-corrected chi connectivity index (χ3v) is 3.25. The number of aromatic nitrogens is 2. The van der Waals surface area contributed by atoms with Crippen LogP contribution in [-0.4, -0.2) is 9.97 Å². The first-order chi connectivity index (χ1) is 8.74. The molecule has 0 fully saturated rings. The molecule has 88 valence electrons. The molecule has 0 amide bonds. The zero-order valence-electron chi connectivity index (χ0n) is 9.89. The van der Waals surface area contributed by atoms with Crippen LogP contribution in [0.4, 0.5) is 0 Å². The van der Waals surface area contributed by atoms with Crippen molar-refractivity contribution in [3.63, 3.8) is 0 Å². The molecule has 1 aromatic heterocycles. The number of aryl methyl sites for hydroxylation is 1. The summed E-state index contributed by atoms with van der Waals surface area (Å²) < 4.78 is 0. The number of hydrogen-bond donors (Lipinski definition) is 0. The van der Waals surface area contributed by atoms with Crippen molar-refractivity contribution in [2.24, 2.45) is 0 Å². The van der Waals surface area contributed by atoms with E-state index in [1.807, 2.05) is 37.3 Å². The van der Waals surface area contributed by atoms with Gasteiger partial charge in [0.2, 0.25) is 0 Å². The first-order valence-corrected chi connectivity index (χ1v) is 6.11. The largest absolute Gasteiger partial charge is 0.248 e. The molecule has 0 unspecified atom stereocenters. The SMILES string of the molecule is Cc1nc2ccc(-c3ccccc3)cc2nc1Cl. The van der Waals surface area contributed by atoms with Gasteiger partial charge in [0.25, 0.3) is 0 Å². The smallest absolute Gasteiger partial charge is 0.150 e. The first kappa shape index (κ1) is 11.2. The van der Waals surface area contributed by atoms with Gasteiger partial charge in [-0.2, -0.15) is 0 Å². The Balaban J connectivity index is 2.20. The van der Waals surface area contributed by atoms with E-state index in [9.17, 15) is 0 Å². The maximum Gasteiger partial charge on any atom is 0.150 e. The lowest BCUT2D eigenvalue weighted by molar-refractivity contribution is 1.19. The van der Waals surface area contributed by atoms with Crippen molar-refractivity contribution < 1.29 is 0 Å². The summed E-state index contributed by atoms with van der Waals surface area (Å²) in [6.07, 6.45) is 0. The summed E-state index contributed by atoms with van der Waals surface area (Å²) >= 11 is 6.01. The Morgan fingerprint density at radius 3 is 2.39 bits per heavy atom. The molecule has 0 spiro atoms. The first-order valence-electron chi connectivity index (χ1n) is 5.73. The van der Waals surface area contributed by atoms with Crippen LogP contribution in [0.1, 0.15) is 5.69 Å². The second-order valence-corrected chi connectivity index (χ2v) is 4.53. The molecule has 0 aliphatic heterocycles. The van der Waals surface area contributed by atoms with Crippen molar-refractivity contribution in [3.05, 3.63) is 59.4 Å². The number of nitrogens with zero attached hydrogens (tertiary/aromatic N) is 2. The zero-order chi connectivity index (χ0) is 12.5. The predicted molar refractivity (Wildman–Crippen MR) is 74.7 cm³/mol. The Bertz CT molecular complexity index is 708. The lowest BCUT2D eigenvalue weighted by Crippen LogP contribution is -1.90. The van der Waals surface area contributed by atoms with Crippen LogP contribution in [0.5, 0.6) is 0 Å². The molecule has 1 heterocycles. The van der Waals surface area contributed by atoms with Crippen molar-refractivity contribution in [1.82, 2.24) is 9.97 Å². The van der Waals surface area contributed by atoms with Gasteiger partial charge in [0.15, 0.2) is 5.15 Å². The summed E-state index contributed by atoms with van der Waals surface area (Å²) in [7, 11) is 0. The Kier molecular flexibility index (Phi) is 2.73. The predicted octanol–water partition coefficient (Wildman–Crippen LogP) is 4.26. The van der Waals surface area contributed by atoms with Crippen molar-refractivity contribution in [3.8, 4) is 11.1 Å². The topological polar surface area (TPSA) is 25.8 Å². The molecular formula is C15H11ClN2. The van der Waals surface area contributed by atoms with Crippen molar-refractivity contribution >= 4 is 22.6 Å². The van der Waals surface area contributed by atoms with Crippen LogP contribution in [0, 0.1) is 6.92 Å². The highest BCUT2D eigenvalue weighted by Gasteiger charge is 2.04. The van der Waals surface area contributed by atoms with Crippen molar-refractivity contribution in [1.29, 1.82) is 0 Å². The molecule has 0 atom stereocenters. The Hall–Kier alpha value is -1.93. The number of fused-ring (bicyclic) bond motifs is 1. The molecule has 18 heavy (non-hydrogen) atoms. The van der Waals surface area contributed by atoms with Crippen LogP contribution < -0.4 is 0 Å². The summed E-state index contributed by atoms with van der Waals surface area (Å²) in [5.74, 6) is 0. The van der Waals surface area contributed by atoms with E-state index in [4.69, 9.17) is 11.6 Å². The molecule has 0 saturated heterocycles. The summed E-state index contributed by atoms with van der Waals surface area (Å²) in [5.41, 5.74) is 4.75. The van der Waals surface area contributed by atoms with Gasteiger partial charge in [-0.1, -0.05) is 48.0 Å². The van der Waals surface area contributed by atoms with Gasteiger partial charge >= 0.3 is 0 Å². The van der Waals surface area contributed by atoms with Gasteiger partial charge in [0, 0.05) is 0 Å². The molecular weight excluding hydrogens is 244 g/mol. The summed E-state index contributed by atoms with van der Waals surface area (Å²) in [5, 5.41) is 0.465. The van der Waals surface area contributed by atoms with E-state index in [-0.39, 0.29) is 0 Å². The van der Waals surface area contributed by atoms with E-state index in [1.54, 1.807) is 0 Å². The summed E-state index contributed by atoms with van der Waals surface area (Å²) in [4.78, 5) is 8.78. The van der Waals surface area contributed by atoms with Crippen LogP contribution in [0.25, 0.3) is 22.2 Å². The van der Waals surface area contributed by atoms with E-state index in [1.165, 1.54) is 0 Å². The number of hydrogen-bond acceptors (Lipinski definition) is 2. The van der Waals surface area contributed by atoms with E-state index < -0.39 is 0 Å². The van der Waals surface area contributed by atoms with Gasteiger partial charge in [-0.15, -0.1) is 0 Å². The summed E-state index contributed by atoms with van der Waals surface area (Å²) in [6.45, 7) is 1.86. The second-order valence-electron chi connectivity index (χ2n) is 4.17. The van der Waals surface area contributed by atoms with E-state index in [2.05, 4.69) is 28.2 Å². The van der Waals surface area contributed by atoms with Gasteiger partial charge in [-0.25, -0.2) is 9.97 Å². The number of benzene rings is 2. The van der Waals surface area contributed by atoms with Crippen molar-refractivity contribution in [2.75, 3.05) is 0 Å². The van der Waals surface area contributed by atoms with Crippen LogP contribution in [0.2, 0.25) is 5.15 Å². The average molecular weight is 255 g/mol. The molecule has 0 saturated carbocycles. The second kappa shape index (κ2) is 4.39. The maximum atomic E-state index is 6.01. The van der Waals surface area contributed by atoms with Gasteiger partial charge in [-0.05, 0) is 30.2 Å². The fourth-order valence-electron chi connectivity index (χ4n) is 1.93. The molecule has 0 aliphatic carbocycles. The average Bonchev–Trinajstić information content (AvgIpc) is 2.41. The molecule has 0 bridgehead atoms. The highest BCUT2D eigenvalue weighted by Crippen LogP contribution is 2.24. The molecule has 3 aromatic rings. The molecule has 3 heteroatoms. The van der Waals surface area contributed by atoms with Gasteiger partial charge in [0.1, 0.15) is 0 Å². The number of halogens is 1. The van der Waals surface area contributed by atoms with E-state index in [0.717, 1.165) is 27.9 Å². The Morgan fingerprint density at radius 1 is 0.833 bits per heavy atom. The molecule has 0 N–H and O–H groups in total. The van der Waals surface area contributed by atoms with Gasteiger partial charge in [-0.3, -0.25) is 0 Å². The quantitative estimate of drug-likeness (QED) is 0.648. The fraction of sp³-hybridized carbons (Fsp3) is 0.0667. The van der Waals surface area contributed by atoms with Gasteiger partial charge in [0.05, 0.1) is 16.7 Å². The van der Waals surface area contributed by atoms with Crippen LogP contribution in [-0.2, 0) is 0 Å². The third-order valence-electron chi connectivity index (χ3n) is 2.89. The zero-order valence-corrected chi connectivity index (χ0v) is 10.6. The monoisotopic (exact) mass is 254 g/mol. The third kappa shape index (κ3) is 1.95. The fourth-order valence-corrected chi connectivity index (χ4v) is 2.06. The molecule has 3 rings (SSSR count). The Labute approximate surface area is 110 Å². The van der Waals surface area contributed by atoms with E-state index in [0.29, 0.717) is 5.15 Å². The highest BCUT2D eigenvalue weighted by molar-refractivity contribution is 6.30. The van der Waals surface area contributed by atoms with Crippen molar-refractivity contribution in [2.45, 2.75) is 6.92 Å². The minimum atomic E-state index is 0.465. The number of rotatable bonds is 1. The minimum absolute atomic E-state index is 0.465. The van der Waals surface area contributed by atoms with Gasteiger partial charge < -0.3 is 0 Å². The highest BCUT2D eigenvalue weighted by atomic mass is 35.5. The molecule has 0 radical (unpaired) electrons. The maximum absolute atomic E-state index is 6.01. The Morgan fingerprint density at radius 2 is 1.61 bits per heavy atom. The lowest BCUT2D eigenvalue weighted by Gasteiger charge is -2.04. The lowest BCUT2D eigenvalue weighted by atomic mass is 10.1. The molecule has 2 aromatic carbocycles.